The number of hydrogen-bond acceptors (Lipinski definition) is 6. The molecule has 0 spiro atoms. The van der Waals surface area contributed by atoms with Crippen LogP contribution in [-0.4, -0.2) is 56.8 Å². The van der Waals surface area contributed by atoms with E-state index < -0.39 is 11.7 Å². The maximum absolute atomic E-state index is 13.2. The summed E-state index contributed by atoms with van der Waals surface area (Å²) in [7, 11) is 0. The van der Waals surface area contributed by atoms with Gasteiger partial charge in [-0.25, -0.2) is 4.68 Å². The van der Waals surface area contributed by atoms with Gasteiger partial charge in [0, 0.05) is 37.6 Å². The Morgan fingerprint density at radius 2 is 1.88 bits per heavy atom. The molecule has 3 aromatic heterocycles. The summed E-state index contributed by atoms with van der Waals surface area (Å²) in [5.74, 6) is 0.725. The summed E-state index contributed by atoms with van der Waals surface area (Å²) in [6.45, 7) is 6.91. The fraction of sp³-hybridized carbons (Fsp3) is 0.348. The van der Waals surface area contributed by atoms with Crippen LogP contribution in [0, 0.1) is 13.8 Å². The van der Waals surface area contributed by atoms with Crippen molar-refractivity contribution in [3.05, 3.63) is 64.0 Å². The van der Waals surface area contributed by atoms with Gasteiger partial charge in [0.15, 0.2) is 5.76 Å². The van der Waals surface area contributed by atoms with Gasteiger partial charge in [0.05, 0.1) is 34.1 Å². The number of aromatic nitrogens is 3. The molecule has 34 heavy (non-hydrogen) atoms. The van der Waals surface area contributed by atoms with E-state index >= 15 is 0 Å². The van der Waals surface area contributed by atoms with Gasteiger partial charge >= 0.3 is 6.18 Å². The summed E-state index contributed by atoms with van der Waals surface area (Å²) in [4.78, 5) is 18.4. The van der Waals surface area contributed by atoms with E-state index in [0.717, 1.165) is 29.0 Å². The number of thiophene rings is 1. The fourth-order valence-electron chi connectivity index (χ4n) is 4.12. The topological polar surface area (TPSA) is 67.4 Å². The number of nitrogens with zero attached hydrogens (tertiary/aromatic N) is 5. The Morgan fingerprint density at radius 1 is 1.12 bits per heavy atom. The van der Waals surface area contributed by atoms with Crippen LogP contribution >= 0.6 is 11.3 Å². The van der Waals surface area contributed by atoms with Crippen molar-refractivity contribution < 1.29 is 22.5 Å². The molecule has 4 heterocycles. The number of alkyl halides is 3. The van der Waals surface area contributed by atoms with E-state index in [9.17, 15) is 18.0 Å². The van der Waals surface area contributed by atoms with Crippen LogP contribution < -0.4 is 0 Å². The first-order valence-electron chi connectivity index (χ1n) is 10.8. The van der Waals surface area contributed by atoms with Crippen molar-refractivity contribution in [2.45, 2.75) is 26.6 Å². The number of aryl methyl sites for hydroxylation is 2. The Bertz CT molecular complexity index is 1350. The number of fused-ring (bicyclic) bond motifs is 1. The lowest BCUT2D eigenvalue weighted by Gasteiger charge is -2.33. The molecule has 7 nitrogen and oxygen atoms in total. The predicted molar refractivity (Wildman–Crippen MR) is 121 cm³/mol. The fourth-order valence-corrected chi connectivity index (χ4v) is 5.27. The molecule has 11 heteroatoms. The second-order valence-corrected chi connectivity index (χ2v) is 9.41. The molecule has 0 saturated carbocycles. The highest BCUT2D eigenvalue weighted by Crippen LogP contribution is 2.34. The SMILES string of the molecule is Cc1cc(CN2CCN(C(=O)c3cc4c(C)nn(-c5cccc(C(F)(F)F)c5)c4s3)CC2)on1. The van der Waals surface area contributed by atoms with E-state index in [1.807, 2.05) is 17.9 Å². The van der Waals surface area contributed by atoms with E-state index in [-0.39, 0.29) is 5.91 Å². The van der Waals surface area contributed by atoms with Crippen molar-refractivity contribution in [3.8, 4) is 5.69 Å². The number of hydrogen-bond donors (Lipinski definition) is 0. The quantitative estimate of drug-likeness (QED) is 0.417. The molecule has 0 aliphatic carbocycles. The molecule has 1 aromatic carbocycles. The highest BCUT2D eigenvalue weighted by atomic mass is 32.1. The Morgan fingerprint density at radius 3 is 2.56 bits per heavy atom. The van der Waals surface area contributed by atoms with Crippen LogP contribution in [0.1, 0.15) is 32.4 Å². The van der Waals surface area contributed by atoms with Crippen molar-refractivity contribution in [2.24, 2.45) is 0 Å². The van der Waals surface area contributed by atoms with E-state index in [4.69, 9.17) is 4.52 Å². The molecule has 178 valence electrons. The maximum atomic E-state index is 13.2. The molecule has 0 unspecified atom stereocenters. The number of carbonyl (C=O) groups excluding carboxylic acids is 1. The molecular weight excluding hydrogens is 467 g/mol. The minimum atomic E-state index is -4.44. The second-order valence-electron chi connectivity index (χ2n) is 8.38. The minimum Gasteiger partial charge on any atom is -0.360 e. The van der Waals surface area contributed by atoms with Crippen molar-refractivity contribution in [1.29, 1.82) is 0 Å². The highest BCUT2D eigenvalue weighted by Gasteiger charge is 2.31. The van der Waals surface area contributed by atoms with Gasteiger partial charge in [-0.05, 0) is 38.1 Å². The molecule has 5 rings (SSSR count). The minimum absolute atomic E-state index is 0.0775. The first-order valence-corrected chi connectivity index (χ1v) is 11.6. The van der Waals surface area contributed by atoms with Crippen LogP contribution in [0.4, 0.5) is 13.2 Å². The lowest BCUT2D eigenvalue weighted by atomic mass is 10.2. The number of benzene rings is 1. The third-order valence-corrected chi connectivity index (χ3v) is 6.99. The van der Waals surface area contributed by atoms with Crippen LogP contribution in [0.15, 0.2) is 40.9 Å². The van der Waals surface area contributed by atoms with E-state index in [1.54, 1.807) is 19.1 Å². The summed E-state index contributed by atoms with van der Waals surface area (Å²) in [5, 5.41) is 9.10. The van der Waals surface area contributed by atoms with E-state index in [0.29, 0.717) is 53.8 Å². The molecule has 4 aromatic rings. The molecule has 1 aliphatic rings. The van der Waals surface area contributed by atoms with Gasteiger partial charge in [-0.1, -0.05) is 11.2 Å². The molecule has 1 fully saturated rings. The van der Waals surface area contributed by atoms with Crippen LogP contribution in [0.5, 0.6) is 0 Å². The standard InChI is InChI=1S/C23H22F3N5O2S/c1-14-10-18(33-28-14)13-29-6-8-30(9-7-29)21(32)20-12-19-15(2)27-31(22(19)34-20)17-5-3-4-16(11-17)23(24,25)26/h3-5,10-12H,6-9,13H2,1-2H3. The average Bonchev–Trinajstić information content (AvgIpc) is 3.50. The Labute approximate surface area is 197 Å². The Balaban J connectivity index is 1.34. The average molecular weight is 490 g/mol. The first-order chi connectivity index (χ1) is 16.2. The normalized spacial score (nSPS) is 15.4. The monoisotopic (exact) mass is 489 g/mol. The Hall–Kier alpha value is -3.18. The molecule has 0 atom stereocenters. The number of piperazine rings is 1. The van der Waals surface area contributed by atoms with Crippen LogP contribution in [-0.2, 0) is 12.7 Å². The van der Waals surface area contributed by atoms with Gasteiger partial charge in [-0.3, -0.25) is 9.69 Å². The number of carbonyl (C=O) groups is 1. The molecule has 1 aliphatic heterocycles. The molecule has 0 N–H and O–H groups in total. The largest absolute Gasteiger partial charge is 0.416 e. The van der Waals surface area contributed by atoms with Crippen molar-refractivity contribution in [3.63, 3.8) is 0 Å². The van der Waals surface area contributed by atoms with Gasteiger partial charge in [0.25, 0.3) is 5.91 Å². The predicted octanol–water partition coefficient (Wildman–Crippen LogP) is 4.67. The molecule has 1 saturated heterocycles. The lowest BCUT2D eigenvalue weighted by molar-refractivity contribution is -0.137. The van der Waals surface area contributed by atoms with E-state index in [1.165, 1.54) is 22.1 Å². The van der Waals surface area contributed by atoms with Gasteiger partial charge < -0.3 is 9.42 Å². The summed E-state index contributed by atoms with van der Waals surface area (Å²) < 4.78 is 46.3. The first kappa shape index (κ1) is 22.6. The second kappa shape index (κ2) is 8.55. The third kappa shape index (κ3) is 4.32. The zero-order chi connectivity index (χ0) is 24.0. The summed E-state index contributed by atoms with van der Waals surface area (Å²) in [6.07, 6.45) is -4.44. The highest BCUT2D eigenvalue weighted by molar-refractivity contribution is 7.20. The van der Waals surface area contributed by atoms with Crippen LogP contribution in [0.3, 0.4) is 0 Å². The number of rotatable bonds is 4. The van der Waals surface area contributed by atoms with E-state index in [2.05, 4.69) is 15.2 Å². The third-order valence-electron chi connectivity index (χ3n) is 5.89. The smallest absolute Gasteiger partial charge is 0.360 e. The molecular formula is C23H22F3N5O2S. The molecule has 0 bridgehead atoms. The number of amides is 1. The van der Waals surface area contributed by atoms with Crippen molar-refractivity contribution in [2.75, 3.05) is 26.2 Å². The van der Waals surface area contributed by atoms with Gasteiger partial charge in [0.1, 0.15) is 4.83 Å². The van der Waals surface area contributed by atoms with Crippen molar-refractivity contribution >= 4 is 27.5 Å². The zero-order valence-electron chi connectivity index (χ0n) is 18.6. The Kier molecular flexibility index (Phi) is 5.68. The summed E-state index contributed by atoms with van der Waals surface area (Å²) in [5.41, 5.74) is 1.07. The molecule has 1 amide bonds. The maximum Gasteiger partial charge on any atom is 0.416 e. The van der Waals surface area contributed by atoms with Crippen molar-refractivity contribution in [1.82, 2.24) is 24.7 Å². The molecule has 0 radical (unpaired) electrons. The van der Waals surface area contributed by atoms with Gasteiger partial charge in [-0.2, -0.15) is 18.3 Å². The van der Waals surface area contributed by atoms with Gasteiger partial charge in [0.2, 0.25) is 0 Å². The summed E-state index contributed by atoms with van der Waals surface area (Å²) >= 11 is 1.25. The number of halogens is 3. The van der Waals surface area contributed by atoms with Crippen LogP contribution in [0.2, 0.25) is 0 Å². The van der Waals surface area contributed by atoms with Crippen LogP contribution in [0.25, 0.3) is 15.9 Å². The lowest BCUT2D eigenvalue weighted by Crippen LogP contribution is -2.48. The summed E-state index contributed by atoms with van der Waals surface area (Å²) in [6, 6.07) is 8.74. The zero-order valence-corrected chi connectivity index (χ0v) is 19.4. The van der Waals surface area contributed by atoms with Gasteiger partial charge in [-0.15, -0.1) is 11.3 Å².